The molecule has 0 aliphatic rings. The predicted molar refractivity (Wildman–Crippen MR) is 126 cm³/mol. The Morgan fingerprint density at radius 1 is 0.892 bits per heavy atom. The van der Waals surface area contributed by atoms with Gasteiger partial charge < -0.3 is 47.8 Å². The van der Waals surface area contributed by atoms with Crippen LogP contribution in [0.3, 0.4) is 0 Å². The van der Waals surface area contributed by atoms with Gasteiger partial charge in [0.1, 0.15) is 17.8 Å². The van der Waals surface area contributed by atoms with Gasteiger partial charge >= 0.3 is 11.9 Å². The molecule has 15 nitrogen and oxygen atoms in total. The van der Waals surface area contributed by atoms with Crippen molar-refractivity contribution >= 4 is 35.6 Å². The van der Waals surface area contributed by atoms with E-state index in [0.29, 0.717) is 5.56 Å². The van der Waals surface area contributed by atoms with Gasteiger partial charge in [0, 0.05) is 12.8 Å². The number of carbonyl (C=O) groups excluding carboxylic acids is 4. The topological polar surface area (TPSA) is 271 Å². The van der Waals surface area contributed by atoms with Crippen molar-refractivity contribution in [2.45, 2.75) is 62.9 Å². The zero-order valence-corrected chi connectivity index (χ0v) is 19.9. The predicted octanol–water partition coefficient (Wildman–Crippen LogP) is -3.08. The average Bonchev–Trinajstić information content (AvgIpc) is 2.79. The molecule has 0 bridgehead atoms. The number of primary amides is 1. The molecule has 1 aromatic carbocycles. The van der Waals surface area contributed by atoms with Crippen LogP contribution in [0.4, 0.5) is 0 Å². The third-order valence-corrected chi connectivity index (χ3v) is 5.09. The van der Waals surface area contributed by atoms with E-state index in [2.05, 4.69) is 16.0 Å². The molecule has 0 radical (unpaired) electrons. The lowest BCUT2D eigenvalue weighted by Crippen LogP contribution is -2.59. The second-order valence-corrected chi connectivity index (χ2v) is 8.27. The van der Waals surface area contributed by atoms with Gasteiger partial charge in [0.25, 0.3) is 0 Å². The Kier molecular flexibility index (Phi) is 11.9. The fourth-order valence-electron chi connectivity index (χ4n) is 3.12. The highest BCUT2D eigenvalue weighted by Crippen LogP contribution is 2.12. The van der Waals surface area contributed by atoms with Crippen LogP contribution in [0, 0.1) is 0 Å². The summed E-state index contributed by atoms with van der Waals surface area (Å²) in [4.78, 5) is 71.7. The number of carbonyl (C=O) groups is 6. The number of phenolic OH excluding ortho intramolecular Hbond substituents is 1. The summed E-state index contributed by atoms with van der Waals surface area (Å²) in [5.41, 5.74) is 11.0. The number of nitrogens with two attached hydrogens (primary N) is 2. The average molecular weight is 526 g/mol. The molecule has 0 fully saturated rings. The number of carboxylic acid groups (broad SMARTS) is 2. The Hall–Kier alpha value is -4.24. The van der Waals surface area contributed by atoms with Crippen LogP contribution in [0.5, 0.6) is 5.75 Å². The first kappa shape index (κ1) is 30.8. The number of rotatable bonds is 15. The maximum absolute atomic E-state index is 13.0. The summed E-state index contributed by atoms with van der Waals surface area (Å²) in [5, 5.41) is 44.1. The number of hydrogen-bond acceptors (Lipinski definition) is 9. The second-order valence-electron chi connectivity index (χ2n) is 8.27. The molecular weight excluding hydrogens is 494 g/mol. The summed E-state index contributed by atoms with van der Waals surface area (Å²) in [5.74, 6) is -6.74. The first-order valence-corrected chi connectivity index (χ1v) is 11.1. The maximum atomic E-state index is 13.0. The molecule has 5 atom stereocenters. The Labute approximate surface area is 211 Å². The summed E-state index contributed by atoms with van der Waals surface area (Å²) in [6, 6.07) is -0.548. The van der Waals surface area contributed by atoms with Crippen molar-refractivity contribution in [2.75, 3.05) is 0 Å². The highest BCUT2D eigenvalue weighted by Gasteiger charge is 2.32. The van der Waals surface area contributed by atoms with Gasteiger partial charge in [-0.3, -0.25) is 24.0 Å². The van der Waals surface area contributed by atoms with Crippen LogP contribution in [0.15, 0.2) is 24.3 Å². The van der Waals surface area contributed by atoms with Crippen LogP contribution in [0.1, 0.15) is 31.7 Å². The molecule has 4 amide bonds. The van der Waals surface area contributed by atoms with E-state index >= 15 is 0 Å². The fourth-order valence-corrected chi connectivity index (χ4v) is 3.12. The van der Waals surface area contributed by atoms with Gasteiger partial charge in [0.15, 0.2) is 6.04 Å². The van der Waals surface area contributed by atoms with Crippen molar-refractivity contribution in [2.24, 2.45) is 11.5 Å². The third kappa shape index (κ3) is 10.9. The van der Waals surface area contributed by atoms with Gasteiger partial charge in [-0.2, -0.15) is 0 Å². The molecule has 1 rings (SSSR count). The van der Waals surface area contributed by atoms with Gasteiger partial charge in [-0.05, 0) is 31.0 Å². The zero-order chi connectivity index (χ0) is 28.3. The number of aliphatic carboxylic acids is 2. The maximum Gasteiger partial charge on any atom is 0.328 e. The van der Waals surface area contributed by atoms with E-state index < -0.39 is 85.1 Å². The lowest BCUT2D eigenvalue weighted by Gasteiger charge is -2.25. The molecule has 0 saturated carbocycles. The summed E-state index contributed by atoms with van der Waals surface area (Å²) >= 11 is 0. The molecule has 0 aromatic heterocycles. The first-order chi connectivity index (χ1) is 17.2. The standard InChI is InChI=1S/C22H31N5O10/c1-10(28)18(22(36)37)27-21(35)15(8-11-2-4-12(29)5-3-11)26-20(34)14(6-7-17(31)32)25-19(33)13(23)9-16(24)30/h2-5,10,13-15,18,28-29H,6-9,23H2,1H3,(H2,24,30)(H,25,33)(H,26,34)(H,27,35)(H,31,32)(H,36,37). The van der Waals surface area contributed by atoms with Gasteiger partial charge in [0.05, 0.1) is 18.6 Å². The second kappa shape index (κ2) is 14.4. The van der Waals surface area contributed by atoms with E-state index in [1.54, 1.807) is 0 Å². The van der Waals surface area contributed by atoms with Crippen LogP contribution in [-0.4, -0.2) is 86.3 Å². The molecule has 0 spiro atoms. The smallest absolute Gasteiger partial charge is 0.328 e. The fraction of sp³-hybridized carbons (Fsp3) is 0.455. The highest BCUT2D eigenvalue weighted by atomic mass is 16.4. The van der Waals surface area contributed by atoms with E-state index in [9.17, 15) is 44.1 Å². The van der Waals surface area contributed by atoms with E-state index in [-0.39, 0.29) is 12.2 Å². The van der Waals surface area contributed by atoms with Crippen molar-refractivity contribution in [1.82, 2.24) is 16.0 Å². The molecule has 0 heterocycles. The lowest BCUT2D eigenvalue weighted by molar-refractivity contribution is -0.145. The summed E-state index contributed by atoms with van der Waals surface area (Å²) in [6.07, 6.45) is -3.19. The Bertz CT molecular complexity index is 998. The Balaban J connectivity index is 3.18. The summed E-state index contributed by atoms with van der Waals surface area (Å²) in [6.45, 7) is 1.14. The van der Waals surface area contributed by atoms with Crippen LogP contribution in [0.25, 0.3) is 0 Å². The van der Waals surface area contributed by atoms with Crippen LogP contribution in [-0.2, 0) is 35.2 Å². The molecule has 0 aliphatic heterocycles. The number of benzene rings is 1. The summed E-state index contributed by atoms with van der Waals surface area (Å²) < 4.78 is 0. The largest absolute Gasteiger partial charge is 0.508 e. The van der Waals surface area contributed by atoms with E-state index in [1.807, 2.05) is 0 Å². The van der Waals surface area contributed by atoms with Crippen molar-refractivity contribution in [3.8, 4) is 5.75 Å². The van der Waals surface area contributed by atoms with Crippen LogP contribution < -0.4 is 27.4 Å². The molecule has 1 aromatic rings. The van der Waals surface area contributed by atoms with Crippen LogP contribution >= 0.6 is 0 Å². The van der Waals surface area contributed by atoms with Crippen molar-refractivity contribution in [3.05, 3.63) is 29.8 Å². The van der Waals surface area contributed by atoms with Crippen molar-refractivity contribution in [1.29, 1.82) is 0 Å². The molecule has 0 saturated heterocycles. The Morgan fingerprint density at radius 3 is 1.92 bits per heavy atom. The van der Waals surface area contributed by atoms with Gasteiger partial charge in [-0.25, -0.2) is 4.79 Å². The number of amides is 4. The summed E-state index contributed by atoms with van der Waals surface area (Å²) in [7, 11) is 0. The number of carboxylic acids is 2. The normalized spacial score (nSPS) is 14.8. The van der Waals surface area contributed by atoms with Gasteiger partial charge in [-0.15, -0.1) is 0 Å². The van der Waals surface area contributed by atoms with E-state index in [4.69, 9.17) is 16.6 Å². The molecule has 0 aliphatic carbocycles. The molecule has 15 heteroatoms. The number of aromatic hydroxyl groups is 1. The molecule has 204 valence electrons. The number of phenols is 1. The number of aliphatic hydroxyl groups is 1. The van der Waals surface area contributed by atoms with E-state index in [0.717, 1.165) is 6.92 Å². The Morgan fingerprint density at radius 2 is 1.43 bits per heavy atom. The SMILES string of the molecule is CC(O)C(NC(=O)C(Cc1ccc(O)cc1)NC(=O)C(CCC(=O)O)NC(=O)C(N)CC(N)=O)C(=O)O. The zero-order valence-electron chi connectivity index (χ0n) is 19.9. The number of nitrogens with one attached hydrogen (secondary N) is 3. The highest BCUT2D eigenvalue weighted by molar-refractivity contribution is 5.95. The molecule has 37 heavy (non-hydrogen) atoms. The van der Waals surface area contributed by atoms with Crippen molar-refractivity contribution in [3.63, 3.8) is 0 Å². The number of hydrogen-bond donors (Lipinski definition) is 9. The minimum atomic E-state index is -1.71. The van der Waals surface area contributed by atoms with E-state index in [1.165, 1.54) is 24.3 Å². The van der Waals surface area contributed by atoms with Gasteiger partial charge in [0.2, 0.25) is 23.6 Å². The molecule has 11 N–H and O–H groups in total. The minimum absolute atomic E-state index is 0.0717. The molecular formula is C22H31N5O10. The lowest BCUT2D eigenvalue weighted by atomic mass is 10.0. The monoisotopic (exact) mass is 525 g/mol. The minimum Gasteiger partial charge on any atom is -0.508 e. The van der Waals surface area contributed by atoms with Gasteiger partial charge in [-0.1, -0.05) is 12.1 Å². The third-order valence-electron chi connectivity index (χ3n) is 5.09. The van der Waals surface area contributed by atoms with Crippen LogP contribution in [0.2, 0.25) is 0 Å². The quantitative estimate of drug-likeness (QED) is 0.111. The molecule has 5 unspecified atom stereocenters. The van der Waals surface area contributed by atoms with Crippen molar-refractivity contribution < 1.29 is 49.2 Å². The number of aliphatic hydroxyl groups excluding tert-OH is 1. The first-order valence-electron chi connectivity index (χ1n) is 11.1.